The van der Waals surface area contributed by atoms with Gasteiger partial charge in [-0.3, -0.25) is 14.4 Å². The first-order valence-corrected chi connectivity index (χ1v) is 13.5. The molecule has 0 saturated carbocycles. The second-order valence-corrected chi connectivity index (χ2v) is 10.4. The van der Waals surface area contributed by atoms with E-state index in [1.54, 1.807) is 41.3 Å². The van der Waals surface area contributed by atoms with Gasteiger partial charge < -0.3 is 9.64 Å². The van der Waals surface area contributed by atoms with E-state index < -0.39 is 47.5 Å². The van der Waals surface area contributed by atoms with Gasteiger partial charge in [0.25, 0.3) is 0 Å². The molecular formula is C34H23FN2O5. The standard InChI is InChI=1S/C34H23FN2O5/c35-23-10-6-11-24(19-23)36-32(39)28-27-18-15-20-7-4-5-12-26(20)37(27)30(29(28)33(36)40)34(41)42-25-16-13-22(14-17-25)31(38)21-8-2-1-3-9-21/h1-19,27-30H/t27-,28-,29-,30-/m1/s1. The first-order chi connectivity index (χ1) is 20.4. The van der Waals surface area contributed by atoms with E-state index in [-0.39, 0.29) is 17.2 Å². The Balaban J connectivity index is 1.23. The van der Waals surface area contributed by atoms with Gasteiger partial charge in [0.15, 0.2) is 5.78 Å². The summed E-state index contributed by atoms with van der Waals surface area (Å²) in [6.07, 6.45) is 3.71. The van der Waals surface area contributed by atoms with Crippen LogP contribution in [-0.4, -0.2) is 35.7 Å². The second kappa shape index (κ2) is 9.92. The minimum atomic E-state index is -1.12. The zero-order chi connectivity index (χ0) is 29.0. The molecule has 7 rings (SSSR count). The molecule has 4 aromatic carbocycles. The summed E-state index contributed by atoms with van der Waals surface area (Å²) in [6.45, 7) is 0. The average Bonchev–Trinajstić information content (AvgIpc) is 3.50. The highest BCUT2D eigenvalue weighted by Gasteiger charge is 2.65. The number of ketones is 1. The van der Waals surface area contributed by atoms with Crippen LogP contribution >= 0.6 is 0 Å². The van der Waals surface area contributed by atoms with Crippen molar-refractivity contribution in [2.24, 2.45) is 11.8 Å². The van der Waals surface area contributed by atoms with Crippen molar-refractivity contribution in [3.05, 3.63) is 132 Å². The number of esters is 1. The summed E-state index contributed by atoms with van der Waals surface area (Å²) >= 11 is 0. The van der Waals surface area contributed by atoms with Gasteiger partial charge in [-0.25, -0.2) is 14.1 Å². The van der Waals surface area contributed by atoms with Crippen LogP contribution < -0.4 is 14.5 Å². The van der Waals surface area contributed by atoms with E-state index in [9.17, 15) is 23.6 Å². The fraction of sp³-hybridized carbons (Fsp3) is 0.118. The van der Waals surface area contributed by atoms with Gasteiger partial charge in [0.1, 0.15) is 17.6 Å². The summed E-state index contributed by atoms with van der Waals surface area (Å²) in [5.74, 6) is -4.24. The molecule has 3 aliphatic rings. The van der Waals surface area contributed by atoms with E-state index in [1.807, 2.05) is 42.5 Å². The molecule has 0 aromatic heterocycles. The Labute approximate surface area is 240 Å². The highest BCUT2D eigenvalue weighted by atomic mass is 19.1. The van der Waals surface area contributed by atoms with Crippen molar-refractivity contribution >= 4 is 41.0 Å². The highest BCUT2D eigenvalue weighted by Crippen LogP contribution is 2.49. The number of carbonyl (C=O) groups is 4. The van der Waals surface area contributed by atoms with Crippen LogP contribution in [0.25, 0.3) is 6.08 Å². The van der Waals surface area contributed by atoms with Crippen LogP contribution in [0.1, 0.15) is 21.5 Å². The lowest BCUT2D eigenvalue weighted by molar-refractivity contribution is -0.139. The Morgan fingerprint density at radius 2 is 1.43 bits per heavy atom. The van der Waals surface area contributed by atoms with Crippen LogP contribution in [0.4, 0.5) is 15.8 Å². The van der Waals surface area contributed by atoms with Crippen molar-refractivity contribution in [1.29, 1.82) is 0 Å². The summed E-state index contributed by atoms with van der Waals surface area (Å²) in [7, 11) is 0. The van der Waals surface area contributed by atoms with E-state index in [4.69, 9.17) is 4.74 Å². The molecule has 2 fully saturated rings. The van der Waals surface area contributed by atoms with Crippen LogP contribution in [0.15, 0.2) is 109 Å². The van der Waals surface area contributed by atoms with Crippen LogP contribution in [0.3, 0.4) is 0 Å². The minimum Gasteiger partial charge on any atom is -0.425 e. The first kappa shape index (κ1) is 25.6. The molecule has 2 saturated heterocycles. The molecular weight excluding hydrogens is 535 g/mol. The number of rotatable bonds is 5. The Morgan fingerprint density at radius 3 is 2.19 bits per heavy atom. The first-order valence-electron chi connectivity index (χ1n) is 13.5. The maximum atomic E-state index is 14.1. The number of carbonyl (C=O) groups excluding carboxylic acids is 4. The van der Waals surface area contributed by atoms with Crippen LogP contribution in [0, 0.1) is 17.7 Å². The molecule has 4 aromatic rings. The number of imide groups is 1. The van der Waals surface area contributed by atoms with Crippen molar-refractivity contribution in [3.63, 3.8) is 0 Å². The summed E-state index contributed by atoms with van der Waals surface area (Å²) < 4.78 is 19.9. The lowest BCUT2D eigenvalue weighted by Gasteiger charge is -2.36. The largest absolute Gasteiger partial charge is 0.425 e. The van der Waals surface area contributed by atoms with Crippen molar-refractivity contribution in [2.75, 3.05) is 9.80 Å². The molecule has 3 aliphatic heterocycles. The number of ether oxygens (including phenoxy) is 1. The van der Waals surface area contributed by atoms with Crippen LogP contribution in [0.5, 0.6) is 5.75 Å². The van der Waals surface area contributed by atoms with Gasteiger partial charge in [-0.15, -0.1) is 0 Å². The lowest BCUT2D eigenvalue weighted by atomic mass is 9.89. The number of halogens is 1. The fourth-order valence-electron chi connectivity index (χ4n) is 6.26. The van der Waals surface area contributed by atoms with Gasteiger partial charge in [0.2, 0.25) is 11.8 Å². The smallest absolute Gasteiger partial charge is 0.335 e. The molecule has 206 valence electrons. The lowest BCUT2D eigenvalue weighted by Crippen LogP contribution is -2.50. The molecule has 42 heavy (non-hydrogen) atoms. The number of benzene rings is 4. The van der Waals surface area contributed by atoms with Crippen molar-refractivity contribution in [1.82, 2.24) is 0 Å². The number of anilines is 2. The fourth-order valence-corrected chi connectivity index (χ4v) is 6.26. The zero-order valence-corrected chi connectivity index (χ0v) is 22.1. The second-order valence-electron chi connectivity index (χ2n) is 10.4. The van der Waals surface area contributed by atoms with Gasteiger partial charge in [-0.1, -0.05) is 66.7 Å². The topological polar surface area (TPSA) is 84.0 Å². The normalized spacial score (nSPS) is 22.0. The number of nitrogens with zero attached hydrogens (tertiary/aromatic N) is 2. The molecule has 0 unspecified atom stereocenters. The minimum absolute atomic E-state index is 0.122. The molecule has 3 heterocycles. The number of hydrogen-bond donors (Lipinski definition) is 0. The van der Waals surface area contributed by atoms with Crippen molar-refractivity contribution < 1.29 is 28.3 Å². The predicted octanol–water partition coefficient (Wildman–Crippen LogP) is 5.05. The third-order valence-corrected chi connectivity index (χ3v) is 8.09. The Bertz CT molecular complexity index is 1790. The van der Waals surface area contributed by atoms with Gasteiger partial charge in [-0.05, 0) is 54.1 Å². The molecule has 8 heteroatoms. The third kappa shape index (κ3) is 4.03. The zero-order valence-electron chi connectivity index (χ0n) is 22.1. The van der Waals surface area contributed by atoms with Crippen LogP contribution in [-0.2, 0) is 14.4 Å². The maximum Gasteiger partial charge on any atom is 0.335 e. The average molecular weight is 559 g/mol. The number of hydrogen-bond acceptors (Lipinski definition) is 6. The molecule has 0 bridgehead atoms. The molecule has 0 spiro atoms. The Hall–Kier alpha value is -5.37. The Morgan fingerprint density at radius 1 is 0.738 bits per heavy atom. The molecule has 7 nitrogen and oxygen atoms in total. The van der Waals surface area contributed by atoms with Crippen molar-refractivity contribution in [3.8, 4) is 5.75 Å². The van der Waals surface area contributed by atoms with Crippen LogP contribution in [0.2, 0.25) is 0 Å². The van der Waals surface area contributed by atoms with E-state index >= 15 is 0 Å². The quantitative estimate of drug-likeness (QED) is 0.148. The molecule has 0 radical (unpaired) electrons. The summed E-state index contributed by atoms with van der Waals surface area (Å²) in [4.78, 5) is 57.1. The van der Waals surface area contributed by atoms with Gasteiger partial charge >= 0.3 is 5.97 Å². The number of amides is 2. The maximum absolute atomic E-state index is 14.1. The monoisotopic (exact) mass is 558 g/mol. The highest BCUT2D eigenvalue weighted by molar-refractivity contribution is 6.24. The molecule has 4 atom stereocenters. The number of fused-ring (bicyclic) bond motifs is 5. The van der Waals surface area contributed by atoms with Gasteiger partial charge in [0.05, 0.1) is 23.6 Å². The van der Waals surface area contributed by atoms with E-state index in [1.165, 1.54) is 30.3 Å². The summed E-state index contributed by atoms with van der Waals surface area (Å²) in [5, 5.41) is 0. The van der Waals surface area contributed by atoms with E-state index in [2.05, 4.69) is 0 Å². The van der Waals surface area contributed by atoms with Gasteiger partial charge in [-0.2, -0.15) is 0 Å². The third-order valence-electron chi connectivity index (χ3n) is 8.09. The van der Waals surface area contributed by atoms with Gasteiger partial charge in [0, 0.05) is 16.8 Å². The van der Waals surface area contributed by atoms with Crippen molar-refractivity contribution in [2.45, 2.75) is 12.1 Å². The molecule has 2 amide bonds. The van der Waals surface area contributed by atoms with E-state index in [0.717, 1.165) is 16.5 Å². The predicted molar refractivity (Wildman–Crippen MR) is 153 cm³/mol. The summed E-state index contributed by atoms with van der Waals surface area (Å²) in [5.41, 5.74) is 2.64. The Kier molecular flexibility index (Phi) is 6.04. The summed E-state index contributed by atoms with van der Waals surface area (Å²) in [6, 6.07) is 26.1. The van der Waals surface area contributed by atoms with E-state index in [0.29, 0.717) is 16.8 Å². The number of para-hydroxylation sites is 1. The molecule has 0 aliphatic carbocycles. The SMILES string of the molecule is O=C(c1ccccc1)c1ccc(OC(=O)[C@H]2[C@@H]3C(=O)N(c4cccc(F)c4)C(=O)[C@@H]3[C@H]3C=Cc4ccccc4N32)cc1. The molecule has 0 N–H and O–H groups in total.